The number of nitrogens with zero attached hydrogens (tertiary/aromatic N) is 3. The molecule has 21 heavy (non-hydrogen) atoms. The second-order valence-electron chi connectivity index (χ2n) is 4.47. The van der Waals surface area contributed by atoms with Gasteiger partial charge < -0.3 is 4.52 Å². The predicted octanol–water partition coefficient (Wildman–Crippen LogP) is 2.40. The van der Waals surface area contributed by atoms with E-state index in [4.69, 9.17) is 9.78 Å². The van der Waals surface area contributed by atoms with Gasteiger partial charge >= 0.3 is 0 Å². The van der Waals surface area contributed by atoms with E-state index in [0.717, 1.165) is 0 Å². The van der Waals surface area contributed by atoms with Gasteiger partial charge in [0.2, 0.25) is 0 Å². The lowest BCUT2D eigenvalue weighted by atomic mass is 10.3. The molecule has 0 aliphatic heterocycles. The highest BCUT2D eigenvalue weighted by atomic mass is 32.2. The van der Waals surface area contributed by atoms with E-state index in [2.05, 4.69) is 5.16 Å². The second-order valence-corrected chi connectivity index (χ2v) is 6.27. The molecule has 2 aromatic rings. The summed E-state index contributed by atoms with van der Waals surface area (Å²) in [5.74, 6) is 0.241. The summed E-state index contributed by atoms with van der Waals surface area (Å²) in [5, 5.41) is 12.5. The van der Waals surface area contributed by atoms with Crippen LogP contribution in [0.15, 0.2) is 39.8 Å². The van der Waals surface area contributed by atoms with E-state index in [1.165, 1.54) is 4.31 Å². The van der Waals surface area contributed by atoms with Crippen LogP contribution in [0, 0.1) is 25.2 Å². The molecule has 0 spiro atoms. The summed E-state index contributed by atoms with van der Waals surface area (Å²) in [6.45, 7) is 3.21. The predicted molar refractivity (Wildman–Crippen MR) is 77.2 cm³/mol. The Morgan fingerprint density at radius 1 is 1.29 bits per heavy atom. The molecule has 110 valence electrons. The zero-order valence-electron chi connectivity index (χ0n) is 11.8. The minimum Gasteiger partial charge on any atom is -0.360 e. The van der Waals surface area contributed by atoms with Crippen molar-refractivity contribution < 1.29 is 12.9 Å². The van der Waals surface area contributed by atoms with E-state index in [0.29, 0.717) is 11.4 Å². The first-order chi connectivity index (χ1) is 9.98. The van der Waals surface area contributed by atoms with E-state index < -0.39 is 10.0 Å². The Morgan fingerprint density at radius 3 is 2.48 bits per heavy atom. The van der Waals surface area contributed by atoms with Crippen LogP contribution in [0.1, 0.15) is 17.9 Å². The average Bonchev–Trinajstić information content (AvgIpc) is 2.80. The molecular formula is C14H15N3O3S. The van der Waals surface area contributed by atoms with Gasteiger partial charge in [-0.05, 0) is 26.0 Å². The summed E-state index contributed by atoms with van der Waals surface area (Å²) in [4.78, 5) is 0.0595. The number of para-hydroxylation sites is 1. The van der Waals surface area contributed by atoms with Crippen molar-refractivity contribution in [1.82, 2.24) is 5.16 Å². The maximum absolute atomic E-state index is 12.9. The molecule has 2 rings (SSSR count). The Hall–Kier alpha value is -2.33. The lowest BCUT2D eigenvalue weighted by molar-refractivity contribution is 0.390. The van der Waals surface area contributed by atoms with Crippen LogP contribution in [-0.2, 0) is 10.0 Å². The Balaban J connectivity index is 2.53. The third-order valence-electron chi connectivity index (χ3n) is 2.99. The van der Waals surface area contributed by atoms with Gasteiger partial charge in [-0.15, -0.1) is 0 Å². The van der Waals surface area contributed by atoms with E-state index in [9.17, 15) is 8.42 Å². The van der Waals surface area contributed by atoms with E-state index >= 15 is 0 Å². The molecule has 1 aromatic heterocycles. The molecule has 1 heterocycles. The van der Waals surface area contributed by atoms with Crippen molar-refractivity contribution in [2.75, 3.05) is 10.8 Å². The van der Waals surface area contributed by atoms with Gasteiger partial charge in [-0.2, -0.15) is 5.26 Å². The van der Waals surface area contributed by atoms with Crippen LogP contribution >= 0.6 is 0 Å². The average molecular weight is 305 g/mol. The molecule has 0 saturated carbocycles. The maximum atomic E-state index is 12.9. The highest BCUT2D eigenvalue weighted by Gasteiger charge is 2.31. The molecule has 0 bridgehead atoms. The minimum absolute atomic E-state index is 0.0595. The third kappa shape index (κ3) is 2.90. The van der Waals surface area contributed by atoms with Crippen molar-refractivity contribution >= 4 is 15.7 Å². The lowest BCUT2D eigenvalue weighted by Crippen LogP contribution is -2.32. The fourth-order valence-electron chi connectivity index (χ4n) is 2.09. The molecule has 0 unspecified atom stereocenters. The lowest BCUT2D eigenvalue weighted by Gasteiger charge is -2.23. The zero-order chi connectivity index (χ0) is 15.5. The van der Waals surface area contributed by atoms with Gasteiger partial charge in [0, 0.05) is 6.54 Å². The number of aromatic nitrogens is 1. The summed E-state index contributed by atoms with van der Waals surface area (Å²) in [6.07, 6.45) is 0.0947. The molecule has 0 N–H and O–H groups in total. The summed E-state index contributed by atoms with van der Waals surface area (Å²) in [6, 6.07) is 10.6. The van der Waals surface area contributed by atoms with Gasteiger partial charge in [0.25, 0.3) is 10.0 Å². The number of nitriles is 1. The highest BCUT2D eigenvalue weighted by molar-refractivity contribution is 7.93. The van der Waals surface area contributed by atoms with Gasteiger partial charge in [0.1, 0.15) is 5.69 Å². The van der Waals surface area contributed by atoms with Crippen LogP contribution < -0.4 is 4.31 Å². The standard InChI is InChI=1S/C14H15N3O3S/c1-11-14(12(2)20-16-11)21(18,19)17(10-6-9-15)13-7-4-3-5-8-13/h3-5,7-8H,6,10H2,1-2H3. The first-order valence-electron chi connectivity index (χ1n) is 6.36. The van der Waals surface area contributed by atoms with Gasteiger partial charge in [0.15, 0.2) is 10.7 Å². The quantitative estimate of drug-likeness (QED) is 0.846. The van der Waals surface area contributed by atoms with Crippen LogP contribution in [0.4, 0.5) is 5.69 Å². The van der Waals surface area contributed by atoms with Gasteiger partial charge in [-0.1, -0.05) is 23.4 Å². The summed E-state index contributed by atoms with van der Waals surface area (Å²) in [5.41, 5.74) is 0.818. The fourth-order valence-corrected chi connectivity index (χ4v) is 3.85. The molecule has 0 amide bonds. The first-order valence-corrected chi connectivity index (χ1v) is 7.80. The highest BCUT2D eigenvalue weighted by Crippen LogP contribution is 2.27. The molecule has 0 radical (unpaired) electrons. The van der Waals surface area contributed by atoms with Crippen LogP contribution in [-0.4, -0.2) is 20.1 Å². The van der Waals surface area contributed by atoms with E-state index in [-0.39, 0.29) is 23.6 Å². The van der Waals surface area contributed by atoms with E-state index in [1.807, 2.05) is 6.07 Å². The molecule has 0 atom stereocenters. The topological polar surface area (TPSA) is 87.2 Å². The zero-order valence-corrected chi connectivity index (χ0v) is 12.6. The van der Waals surface area contributed by atoms with Crippen molar-refractivity contribution in [3.05, 3.63) is 41.8 Å². The Labute approximate surface area is 123 Å². The number of anilines is 1. The van der Waals surface area contributed by atoms with Gasteiger partial charge in [-0.25, -0.2) is 8.42 Å². The number of hydrogen-bond donors (Lipinski definition) is 0. The molecular weight excluding hydrogens is 290 g/mol. The number of benzene rings is 1. The number of hydrogen-bond acceptors (Lipinski definition) is 5. The number of sulfonamides is 1. The molecule has 0 saturated heterocycles. The first kappa shape index (κ1) is 15.1. The second kappa shape index (κ2) is 5.97. The van der Waals surface area contributed by atoms with Crippen LogP contribution in [0.2, 0.25) is 0 Å². The largest absolute Gasteiger partial charge is 0.360 e. The molecule has 1 aromatic carbocycles. The fraction of sp³-hybridized carbons (Fsp3) is 0.286. The SMILES string of the molecule is Cc1noc(C)c1S(=O)(=O)N(CCC#N)c1ccccc1. The van der Waals surface area contributed by atoms with Crippen LogP contribution in [0.25, 0.3) is 0 Å². The molecule has 6 nitrogen and oxygen atoms in total. The molecule has 0 aliphatic carbocycles. The Kier molecular flexibility index (Phi) is 4.29. The van der Waals surface area contributed by atoms with Crippen molar-refractivity contribution in [2.24, 2.45) is 0 Å². The number of rotatable bonds is 5. The molecule has 0 fully saturated rings. The molecule has 0 aliphatic rings. The summed E-state index contributed by atoms with van der Waals surface area (Å²) in [7, 11) is -3.82. The smallest absolute Gasteiger partial charge is 0.269 e. The van der Waals surface area contributed by atoms with Crippen LogP contribution in [0.3, 0.4) is 0 Å². The van der Waals surface area contributed by atoms with Crippen LogP contribution in [0.5, 0.6) is 0 Å². The minimum atomic E-state index is -3.82. The van der Waals surface area contributed by atoms with Gasteiger partial charge in [0.05, 0.1) is 18.2 Å². The maximum Gasteiger partial charge on any atom is 0.269 e. The summed E-state index contributed by atoms with van der Waals surface area (Å²) < 4.78 is 31.9. The van der Waals surface area contributed by atoms with E-state index in [1.54, 1.807) is 44.2 Å². The monoisotopic (exact) mass is 305 g/mol. The Morgan fingerprint density at radius 2 is 1.95 bits per heavy atom. The number of aryl methyl sites for hydroxylation is 2. The van der Waals surface area contributed by atoms with Crippen molar-refractivity contribution in [2.45, 2.75) is 25.2 Å². The third-order valence-corrected chi connectivity index (χ3v) is 5.06. The summed E-state index contributed by atoms with van der Waals surface area (Å²) >= 11 is 0. The van der Waals surface area contributed by atoms with Crippen molar-refractivity contribution in [1.29, 1.82) is 5.26 Å². The normalized spacial score (nSPS) is 11.1. The van der Waals surface area contributed by atoms with Crippen molar-refractivity contribution in [3.8, 4) is 6.07 Å². The Bertz CT molecular complexity index is 741. The van der Waals surface area contributed by atoms with Crippen molar-refractivity contribution in [3.63, 3.8) is 0 Å². The van der Waals surface area contributed by atoms with Gasteiger partial charge in [-0.3, -0.25) is 4.31 Å². The molecule has 7 heteroatoms.